The van der Waals surface area contributed by atoms with Gasteiger partial charge in [0.25, 0.3) is 0 Å². The highest BCUT2D eigenvalue weighted by Crippen LogP contribution is 2.21. The van der Waals surface area contributed by atoms with Crippen LogP contribution in [0, 0.1) is 12.7 Å². The minimum atomic E-state index is -0.318. The maximum absolute atomic E-state index is 13.7. The zero-order valence-corrected chi connectivity index (χ0v) is 17.3. The van der Waals surface area contributed by atoms with Gasteiger partial charge in [-0.2, -0.15) is 4.98 Å². The maximum atomic E-state index is 13.7. The van der Waals surface area contributed by atoms with E-state index in [1.807, 2.05) is 31.2 Å². The Bertz CT molecular complexity index is 957. The van der Waals surface area contributed by atoms with Crippen LogP contribution in [0.4, 0.5) is 4.39 Å². The lowest BCUT2D eigenvalue weighted by molar-refractivity contribution is -0.121. The van der Waals surface area contributed by atoms with Crippen molar-refractivity contribution in [3.63, 3.8) is 0 Å². The summed E-state index contributed by atoms with van der Waals surface area (Å²) in [6.45, 7) is 3.72. The number of nitrogens with one attached hydrogen (secondary N) is 1. The summed E-state index contributed by atoms with van der Waals surface area (Å²) < 4.78 is 19.9. The van der Waals surface area contributed by atoms with Crippen LogP contribution >= 0.6 is 15.9 Å². The zero-order chi connectivity index (χ0) is 20.1. The van der Waals surface area contributed by atoms with Crippen molar-refractivity contribution in [2.45, 2.75) is 39.2 Å². The number of aromatic nitrogens is 2. The summed E-state index contributed by atoms with van der Waals surface area (Å²) in [5.41, 5.74) is 2.16. The molecule has 7 heteroatoms. The SMILES string of the molecule is CCC(NC(=O)CCc1nc(-c2ccc(C)c(F)c2)no1)c1ccc(Br)cc1. The molecule has 0 bridgehead atoms. The third-order valence-electron chi connectivity index (χ3n) is 4.48. The first-order chi connectivity index (χ1) is 13.5. The second-order valence-corrected chi connectivity index (χ2v) is 7.47. The summed E-state index contributed by atoms with van der Waals surface area (Å²) in [6, 6.07) is 12.6. The monoisotopic (exact) mass is 445 g/mol. The van der Waals surface area contributed by atoms with Gasteiger partial charge in [0.2, 0.25) is 17.6 Å². The molecule has 0 radical (unpaired) electrons. The normalized spacial score (nSPS) is 12.0. The van der Waals surface area contributed by atoms with E-state index in [1.165, 1.54) is 6.07 Å². The largest absolute Gasteiger partial charge is 0.349 e. The van der Waals surface area contributed by atoms with Crippen LogP contribution in [0.3, 0.4) is 0 Å². The molecular weight excluding hydrogens is 425 g/mol. The van der Waals surface area contributed by atoms with E-state index in [2.05, 4.69) is 31.4 Å². The number of hydrogen-bond acceptors (Lipinski definition) is 4. The van der Waals surface area contributed by atoms with Crippen molar-refractivity contribution in [3.8, 4) is 11.4 Å². The van der Waals surface area contributed by atoms with E-state index in [-0.39, 0.29) is 24.2 Å². The topological polar surface area (TPSA) is 68.0 Å². The number of halogens is 2. The van der Waals surface area contributed by atoms with E-state index >= 15 is 0 Å². The smallest absolute Gasteiger partial charge is 0.227 e. The van der Waals surface area contributed by atoms with E-state index in [0.29, 0.717) is 29.3 Å². The summed E-state index contributed by atoms with van der Waals surface area (Å²) in [4.78, 5) is 16.6. The Hall–Kier alpha value is -2.54. The van der Waals surface area contributed by atoms with E-state index < -0.39 is 0 Å². The predicted octanol–water partition coefficient (Wildman–Crippen LogP) is 5.15. The molecule has 1 atom stereocenters. The van der Waals surface area contributed by atoms with Gasteiger partial charge in [-0.25, -0.2) is 4.39 Å². The lowest BCUT2D eigenvalue weighted by Crippen LogP contribution is -2.28. The van der Waals surface area contributed by atoms with Crippen LogP contribution in [0.15, 0.2) is 51.5 Å². The van der Waals surface area contributed by atoms with E-state index in [9.17, 15) is 9.18 Å². The van der Waals surface area contributed by atoms with Gasteiger partial charge < -0.3 is 9.84 Å². The molecule has 0 spiro atoms. The standard InChI is InChI=1S/C21H21BrFN3O2/c1-3-18(14-6-8-16(22)9-7-14)24-19(27)10-11-20-25-21(26-28-20)15-5-4-13(2)17(23)12-15/h4-9,12,18H,3,10-11H2,1-2H3,(H,24,27). The van der Waals surface area contributed by atoms with Gasteiger partial charge in [-0.05, 0) is 42.7 Å². The number of hydrogen-bond donors (Lipinski definition) is 1. The molecule has 0 fully saturated rings. The van der Waals surface area contributed by atoms with Gasteiger partial charge in [0.1, 0.15) is 5.82 Å². The molecule has 0 saturated heterocycles. The molecule has 3 rings (SSSR count). The first kappa shape index (κ1) is 20.2. The second-order valence-electron chi connectivity index (χ2n) is 6.56. The minimum absolute atomic E-state index is 0.0469. The average Bonchev–Trinajstić information content (AvgIpc) is 3.16. The van der Waals surface area contributed by atoms with Crippen LogP contribution in [-0.2, 0) is 11.2 Å². The summed E-state index contributed by atoms with van der Waals surface area (Å²) >= 11 is 3.41. The minimum Gasteiger partial charge on any atom is -0.349 e. The molecule has 146 valence electrons. The number of benzene rings is 2. The Labute approximate surface area is 171 Å². The van der Waals surface area contributed by atoms with Gasteiger partial charge in [-0.15, -0.1) is 0 Å². The highest BCUT2D eigenvalue weighted by Gasteiger charge is 2.15. The average molecular weight is 446 g/mol. The predicted molar refractivity (Wildman–Crippen MR) is 108 cm³/mol. The van der Waals surface area contributed by atoms with Crippen LogP contribution in [0.1, 0.15) is 42.8 Å². The van der Waals surface area contributed by atoms with Crippen LogP contribution in [0.2, 0.25) is 0 Å². The van der Waals surface area contributed by atoms with Gasteiger partial charge in [0.05, 0.1) is 6.04 Å². The zero-order valence-electron chi connectivity index (χ0n) is 15.7. The molecule has 1 N–H and O–H groups in total. The number of rotatable bonds is 7. The fourth-order valence-electron chi connectivity index (χ4n) is 2.81. The van der Waals surface area contributed by atoms with Gasteiger partial charge in [-0.3, -0.25) is 4.79 Å². The molecule has 2 aromatic carbocycles. The van der Waals surface area contributed by atoms with Gasteiger partial charge in [-0.1, -0.05) is 52.3 Å². The van der Waals surface area contributed by atoms with Crippen molar-refractivity contribution in [1.82, 2.24) is 15.5 Å². The molecule has 0 aliphatic carbocycles. The number of nitrogens with zero attached hydrogens (tertiary/aromatic N) is 2. The molecule has 0 aliphatic heterocycles. The summed E-state index contributed by atoms with van der Waals surface area (Å²) in [6.07, 6.45) is 1.35. The van der Waals surface area contributed by atoms with Gasteiger partial charge in [0.15, 0.2) is 0 Å². The molecule has 0 saturated carbocycles. The Kier molecular flexibility index (Phi) is 6.57. The Balaban J connectivity index is 1.58. The van der Waals surface area contributed by atoms with Crippen molar-refractivity contribution in [1.29, 1.82) is 0 Å². The van der Waals surface area contributed by atoms with Crippen LogP contribution in [0.25, 0.3) is 11.4 Å². The summed E-state index contributed by atoms with van der Waals surface area (Å²) in [5, 5.41) is 6.91. The fraction of sp³-hybridized carbons (Fsp3) is 0.286. The third-order valence-corrected chi connectivity index (χ3v) is 5.01. The fourth-order valence-corrected chi connectivity index (χ4v) is 3.07. The molecule has 3 aromatic rings. The molecular formula is C21H21BrFN3O2. The Morgan fingerprint density at radius 1 is 1.25 bits per heavy atom. The molecule has 1 unspecified atom stereocenters. The lowest BCUT2D eigenvalue weighted by atomic mass is 10.0. The van der Waals surface area contributed by atoms with E-state index in [4.69, 9.17) is 4.52 Å². The third kappa shape index (κ3) is 5.04. The quantitative estimate of drug-likeness (QED) is 0.545. The van der Waals surface area contributed by atoms with Crippen molar-refractivity contribution in [2.24, 2.45) is 0 Å². The van der Waals surface area contributed by atoms with Crippen LogP contribution in [0.5, 0.6) is 0 Å². The van der Waals surface area contributed by atoms with Crippen molar-refractivity contribution < 1.29 is 13.7 Å². The molecule has 0 aliphatic rings. The second kappa shape index (κ2) is 9.10. The lowest BCUT2D eigenvalue weighted by Gasteiger charge is -2.17. The number of carbonyl (C=O) groups is 1. The number of carbonyl (C=O) groups excluding carboxylic acids is 1. The highest BCUT2D eigenvalue weighted by atomic mass is 79.9. The van der Waals surface area contributed by atoms with Gasteiger partial charge in [0, 0.05) is 22.9 Å². The van der Waals surface area contributed by atoms with Crippen molar-refractivity contribution in [3.05, 3.63) is 69.8 Å². The summed E-state index contributed by atoms with van der Waals surface area (Å²) in [5.74, 6) is 0.260. The maximum Gasteiger partial charge on any atom is 0.227 e. The van der Waals surface area contributed by atoms with E-state index in [1.54, 1.807) is 19.1 Å². The van der Waals surface area contributed by atoms with Crippen molar-refractivity contribution >= 4 is 21.8 Å². The Morgan fingerprint density at radius 3 is 2.68 bits per heavy atom. The van der Waals surface area contributed by atoms with Crippen LogP contribution in [-0.4, -0.2) is 16.0 Å². The molecule has 28 heavy (non-hydrogen) atoms. The first-order valence-electron chi connectivity index (χ1n) is 9.10. The molecule has 1 aromatic heterocycles. The highest BCUT2D eigenvalue weighted by molar-refractivity contribution is 9.10. The molecule has 1 heterocycles. The molecule has 5 nitrogen and oxygen atoms in total. The van der Waals surface area contributed by atoms with E-state index in [0.717, 1.165) is 16.5 Å². The first-order valence-corrected chi connectivity index (χ1v) is 9.89. The summed E-state index contributed by atoms with van der Waals surface area (Å²) in [7, 11) is 0. The van der Waals surface area contributed by atoms with Crippen molar-refractivity contribution in [2.75, 3.05) is 0 Å². The number of amides is 1. The van der Waals surface area contributed by atoms with Crippen LogP contribution < -0.4 is 5.32 Å². The van der Waals surface area contributed by atoms with Gasteiger partial charge >= 0.3 is 0 Å². The Morgan fingerprint density at radius 2 is 2.00 bits per heavy atom. The number of aryl methyl sites for hydroxylation is 2. The molecule has 1 amide bonds.